The molecule has 0 atom stereocenters. The van der Waals surface area contributed by atoms with Gasteiger partial charge >= 0.3 is 0 Å². The van der Waals surface area contributed by atoms with Gasteiger partial charge in [0.05, 0.1) is 25.5 Å². The fraction of sp³-hybridized carbons (Fsp3) is 0.500. The molecular formula is C6H7IN2O. The quantitative estimate of drug-likeness (QED) is 0.643. The Bertz CT molecular complexity index is 222. The molecule has 1 aliphatic rings. The number of aromatic nitrogens is 2. The molecule has 2 rings (SSSR count). The lowest BCUT2D eigenvalue weighted by Crippen LogP contribution is -2.16. The van der Waals surface area contributed by atoms with Crippen LogP contribution in [0.2, 0.25) is 0 Å². The van der Waals surface area contributed by atoms with Crippen molar-refractivity contribution in [1.82, 2.24) is 9.78 Å². The molecule has 10 heavy (non-hydrogen) atoms. The molecule has 1 aromatic heterocycles. The molecule has 0 aromatic carbocycles. The van der Waals surface area contributed by atoms with Crippen molar-refractivity contribution in [3.63, 3.8) is 0 Å². The molecule has 0 unspecified atom stereocenters. The van der Waals surface area contributed by atoms with Gasteiger partial charge in [-0.05, 0) is 28.7 Å². The van der Waals surface area contributed by atoms with E-state index in [1.54, 1.807) is 0 Å². The predicted octanol–water partition coefficient (Wildman–Crippen LogP) is 1.02. The second-order valence-corrected chi connectivity index (χ2v) is 3.34. The summed E-state index contributed by atoms with van der Waals surface area (Å²) in [6.07, 6.45) is 0. The van der Waals surface area contributed by atoms with Crippen LogP contribution in [0.25, 0.3) is 0 Å². The van der Waals surface area contributed by atoms with Crippen LogP contribution in [-0.2, 0) is 17.9 Å². The van der Waals surface area contributed by atoms with Crippen LogP contribution in [0.3, 0.4) is 0 Å². The Hall–Kier alpha value is -0.100. The average molecular weight is 250 g/mol. The van der Waals surface area contributed by atoms with Gasteiger partial charge in [-0.1, -0.05) is 0 Å². The van der Waals surface area contributed by atoms with E-state index in [0.29, 0.717) is 0 Å². The summed E-state index contributed by atoms with van der Waals surface area (Å²) >= 11 is 2.21. The molecule has 0 amide bonds. The number of nitrogens with zero attached hydrogens (tertiary/aromatic N) is 2. The first-order chi connectivity index (χ1) is 4.86. The van der Waals surface area contributed by atoms with Crippen LogP contribution in [0, 0.1) is 3.70 Å². The van der Waals surface area contributed by atoms with Gasteiger partial charge in [-0.15, -0.1) is 0 Å². The van der Waals surface area contributed by atoms with Gasteiger partial charge in [0.15, 0.2) is 0 Å². The van der Waals surface area contributed by atoms with Crippen molar-refractivity contribution in [1.29, 1.82) is 0 Å². The van der Waals surface area contributed by atoms with Crippen LogP contribution in [0.1, 0.15) is 5.69 Å². The molecule has 0 N–H and O–H groups in total. The lowest BCUT2D eigenvalue weighted by Gasteiger charge is -2.12. The monoisotopic (exact) mass is 250 g/mol. The molecule has 1 aliphatic heterocycles. The predicted molar refractivity (Wildman–Crippen MR) is 44.6 cm³/mol. The highest BCUT2D eigenvalue weighted by Gasteiger charge is 2.09. The summed E-state index contributed by atoms with van der Waals surface area (Å²) in [4.78, 5) is 0. The van der Waals surface area contributed by atoms with Crippen molar-refractivity contribution in [3.05, 3.63) is 15.5 Å². The topological polar surface area (TPSA) is 27.1 Å². The van der Waals surface area contributed by atoms with Gasteiger partial charge in [0.25, 0.3) is 0 Å². The van der Waals surface area contributed by atoms with E-state index >= 15 is 0 Å². The minimum atomic E-state index is 0.718. The summed E-state index contributed by atoms with van der Waals surface area (Å²) in [7, 11) is 0. The smallest absolute Gasteiger partial charge is 0.123 e. The first kappa shape index (κ1) is 6.60. The largest absolute Gasteiger partial charge is 0.373 e. The number of ether oxygens (including phenoxy) is 1. The highest BCUT2D eigenvalue weighted by molar-refractivity contribution is 14.1. The van der Waals surface area contributed by atoms with E-state index in [-0.39, 0.29) is 0 Å². The maximum absolute atomic E-state index is 5.25. The van der Waals surface area contributed by atoms with E-state index in [0.717, 1.165) is 23.5 Å². The molecule has 0 fully saturated rings. The zero-order valence-electron chi connectivity index (χ0n) is 5.38. The third kappa shape index (κ3) is 1.05. The molecule has 4 heteroatoms. The third-order valence-electron chi connectivity index (χ3n) is 1.53. The third-order valence-corrected chi connectivity index (χ3v) is 2.06. The summed E-state index contributed by atoms with van der Waals surface area (Å²) in [5.41, 5.74) is 1.19. The van der Waals surface area contributed by atoms with Gasteiger partial charge < -0.3 is 4.74 Å². The van der Waals surface area contributed by atoms with Crippen LogP contribution in [0.4, 0.5) is 0 Å². The van der Waals surface area contributed by atoms with Crippen LogP contribution >= 0.6 is 22.6 Å². The first-order valence-electron chi connectivity index (χ1n) is 3.16. The van der Waals surface area contributed by atoms with Crippen molar-refractivity contribution in [2.45, 2.75) is 13.2 Å². The fourth-order valence-electron chi connectivity index (χ4n) is 1.06. The van der Waals surface area contributed by atoms with E-state index in [9.17, 15) is 0 Å². The molecular weight excluding hydrogens is 243 g/mol. The molecule has 0 spiro atoms. The van der Waals surface area contributed by atoms with Gasteiger partial charge in [0, 0.05) is 0 Å². The Labute approximate surface area is 72.5 Å². The van der Waals surface area contributed by atoms with Gasteiger partial charge in [-0.2, -0.15) is 5.10 Å². The molecule has 0 saturated heterocycles. The van der Waals surface area contributed by atoms with Crippen molar-refractivity contribution in [3.8, 4) is 0 Å². The average Bonchev–Trinajstić information content (AvgIpc) is 2.27. The summed E-state index contributed by atoms with van der Waals surface area (Å²) < 4.78 is 8.30. The standard InChI is InChI=1S/C6H7IN2O/c7-6-3-5-4-10-2-1-9(5)8-6/h3H,1-2,4H2. The molecule has 2 heterocycles. The fourth-order valence-corrected chi connectivity index (χ4v) is 1.68. The summed E-state index contributed by atoms with van der Waals surface area (Å²) in [6, 6.07) is 2.06. The summed E-state index contributed by atoms with van der Waals surface area (Å²) in [5.74, 6) is 0. The van der Waals surface area contributed by atoms with Gasteiger partial charge in [-0.3, -0.25) is 4.68 Å². The maximum Gasteiger partial charge on any atom is 0.123 e. The van der Waals surface area contributed by atoms with Crippen LogP contribution < -0.4 is 0 Å². The second-order valence-electron chi connectivity index (χ2n) is 2.23. The van der Waals surface area contributed by atoms with E-state index in [4.69, 9.17) is 4.74 Å². The molecule has 54 valence electrons. The summed E-state index contributed by atoms with van der Waals surface area (Å²) in [5, 5.41) is 4.27. The van der Waals surface area contributed by atoms with E-state index in [1.807, 2.05) is 4.68 Å². The molecule has 0 bridgehead atoms. The zero-order valence-corrected chi connectivity index (χ0v) is 7.54. The maximum atomic E-state index is 5.25. The molecule has 0 saturated carbocycles. The SMILES string of the molecule is Ic1cc2n(n1)CCOC2. The lowest BCUT2D eigenvalue weighted by atomic mass is 10.4. The van der Waals surface area contributed by atoms with Gasteiger partial charge in [-0.25, -0.2) is 0 Å². The Morgan fingerprint density at radius 2 is 2.60 bits per heavy atom. The van der Waals surface area contributed by atoms with E-state index in [1.165, 1.54) is 5.69 Å². The minimum absolute atomic E-state index is 0.718. The Balaban J connectivity index is 2.41. The molecule has 0 aliphatic carbocycles. The van der Waals surface area contributed by atoms with Crippen LogP contribution in [0.5, 0.6) is 0 Å². The van der Waals surface area contributed by atoms with Crippen molar-refractivity contribution < 1.29 is 4.74 Å². The Kier molecular flexibility index (Phi) is 1.65. The molecule has 1 aromatic rings. The molecule has 0 radical (unpaired) electrons. The Morgan fingerprint density at radius 3 is 3.40 bits per heavy atom. The van der Waals surface area contributed by atoms with E-state index < -0.39 is 0 Å². The van der Waals surface area contributed by atoms with Crippen molar-refractivity contribution in [2.75, 3.05) is 6.61 Å². The Morgan fingerprint density at radius 1 is 1.70 bits per heavy atom. The number of hydrogen-bond acceptors (Lipinski definition) is 2. The highest BCUT2D eigenvalue weighted by atomic mass is 127. The number of rotatable bonds is 0. The number of halogens is 1. The van der Waals surface area contributed by atoms with Gasteiger partial charge in [0.1, 0.15) is 3.70 Å². The highest BCUT2D eigenvalue weighted by Crippen LogP contribution is 2.11. The minimum Gasteiger partial charge on any atom is -0.373 e. The normalized spacial score (nSPS) is 16.9. The van der Waals surface area contributed by atoms with Crippen LogP contribution in [0.15, 0.2) is 6.07 Å². The number of fused-ring (bicyclic) bond motifs is 1. The number of hydrogen-bond donors (Lipinski definition) is 0. The zero-order chi connectivity index (χ0) is 6.97. The molecule has 3 nitrogen and oxygen atoms in total. The van der Waals surface area contributed by atoms with Crippen molar-refractivity contribution in [2.24, 2.45) is 0 Å². The summed E-state index contributed by atoms with van der Waals surface area (Å²) in [6.45, 7) is 2.42. The lowest BCUT2D eigenvalue weighted by molar-refractivity contribution is 0.0800. The van der Waals surface area contributed by atoms with Gasteiger partial charge in [0.2, 0.25) is 0 Å². The second kappa shape index (κ2) is 2.50. The first-order valence-corrected chi connectivity index (χ1v) is 4.24. The van der Waals surface area contributed by atoms with Crippen LogP contribution in [-0.4, -0.2) is 16.4 Å². The van der Waals surface area contributed by atoms with Crippen molar-refractivity contribution >= 4 is 22.6 Å². The van der Waals surface area contributed by atoms with E-state index in [2.05, 4.69) is 33.8 Å².